The van der Waals surface area contributed by atoms with E-state index in [1.807, 2.05) is 18.2 Å². The van der Waals surface area contributed by atoms with E-state index in [4.69, 9.17) is 18.9 Å². The molecule has 3 aromatic rings. The Hall–Kier alpha value is -3.44. The van der Waals surface area contributed by atoms with Crippen LogP contribution in [0.3, 0.4) is 0 Å². The van der Waals surface area contributed by atoms with E-state index in [0.717, 1.165) is 37.1 Å². The maximum Gasteiger partial charge on any atom is 0.159 e. The van der Waals surface area contributed by atoms with E-state index in [1.165, 1.54) is 12.4 Å². The fourth-order valence-corrected chi connectivity index (χ4v) is 5.55. The molecule has 6 rings (SSSR count). The van der Waals surface area contributed by atoms with Gasteiger partial charge >= 0.3 is 0 Å². The van der Waals surface area contributed by atoms with Gasteiger partial charge < -0.3 is 24.3 Å². The van der Waals surface area contributed by atoms with E-state index in [-0.39, 0.29) is 30.2 Å². The number of ether oxygens (including phenoxy) is 4. The number of rotatable bonds is 10. The van der Waals surface area contributed by atoms with Crippen molar-refractivity contribution in [2.45, 2.75) is 32.0 Å². The van der Waals surface area contributed by atoms with Gasteiger partial charge in [0, 0.05) is 61.3 Å². The lowest BCUT2D eigenvalue weighted by atomic mass is 10.0. The zero-order valence-electron chi connectivity index (χ0n) is 23.2. The molecule has 216 valence electrons. The summed E-state index contributed by atoms with van der Waals surface area (Å²) in [4.78, 5) is 24.3. The molecule has 9 nitrogen and oxygen atoms in total. The number of aromatic nitrogens is 2. The number of hydrogen-bond acceptors (Lipinski definition) is 9. The molecule has 1 N–H and O–H groups in total. The Balaban J connectivity index is 1.20. The van der Waals surface area contributed by atoms with E-state index in [1.54, 1.807) is 25.1 Å². The third-order valence-corrected chi connectivity index (χ3v) is 7.81. The summed E-state index contributed by atoms with van der Waals surface area (Å²) in [5, 5.41) is 4.03. The summed E-state index contributed by atoms with van der Waals surface area (Å²) >= 11 is 0. The molecule has 3 fully saturated rings. The molecular weight excluding hydrogens is 527 g/mol. The normalized spacial score (nSPS) is 22.8. The molecule has 0 amide bonds. The third kappa shape index (κ3) is 6.73. The van der Waals surface area contributed by atoms with Crippen molar-refractivity contribution in [1.29, 1.82) is 0 Å². The molecule has 10 heteroatoms. The molecule has 0 spiro atoms. The van der Waals surface area contributed by atoms with Gasteiger partial charge in [-0.2, -0.15) is 0 Å². The first-order valence-electron chi connectivity index (χ1n) is 14.2. The maximum atomic E-state index is 13.8. The number of ketones is 1. The van der Waals surface area contributed by atoms with Gasteiger partial charge in [0.1, 0.15) is 23.7 Å². The van der Waals surface area contributed by atoms with E-state index in [9.17, 15) is 9.18 Å². The average molecular weight is 563 g/mol. The topological polar surface area (TPSA) is 95.0 Å². The van der Waals surface area contributed by atoms with Crippen molar-refractivity contribution in [3.8, 4) is 5.75 Å². The molecule has 0 bridgehead atoms. The van der Waals surface area contributed by atoms with Gasteiger partial charge in [0.05, 0.1) is 44.2 Å². The molecule has 3 saturated heterocycles. The van der Waals surface area contributed by atoms with Crippen molar-refractivity contribution in [3.05, 3.63) is 65.8 Å². The van der Waals surface area contributed by atoms with Crippen molar-refractivity contribution in [2.75, 3.05) is 58.0 Å². The number of nitrogens with one attached hydrogen (secondary N) is 1. The Morgan fingerprint density at radius 1 is 1.15 bits per heavy atom. The number of allylic oxidation sites excluding steroid dienone is 1. The van der Waals surface area contributed by atoms with Crippen molar-refractivity contribution in [3.63, 3.8) is 0 Å². The van der Waals surface area contributed by atoms with Crippen LogP contribution in [-0.4, -0.2) is 85.5 Å². The van der Waals surface area contributed by atoms with Crippen LogP contribution < -0.4 is 10.1 Å². The van der Waals surface area contributed by atoms with Gasteiger partial charge in [-0.05, 0) is 49.2 Å². The smallest absolute Gasteiger partial charge is 0.159 e. The highest BCUT2D eigenvalue weighted by atomic mass is 19.1. The quantitative estimate of drug-likeness (QED) is 0.368. The second-order valence-corrected chi connectivity index (χ2v) is 10.9. The number of nitrogens with zero attached hydrogens (tertiary/aromatic N) is 3. The Morgan fingerprint density at radius 2 is 1.98 bits per heavy atom. The zero-order chi connectivity index (χ0) is 28.2. The van der Waals surface area contributed by atoms with Gasteiger partial charge in [-0.3, -0.25) is 9.69 Å². The van der Waals surface area contributed by atoms with E-state index < -0.39 is 0 Å². The third-order valence-electron chi connectivity index (χ3n) is 7.81. The van der Waals surface area contributed by atoms with Gasteiger partial charge in [0.2, 0.25) is 0 Å². The van der Waals surface area contributed by atoms with E-state index in [2.05, 4.69) is 20.2 Å². The molecule has 0 saturated carbocycles. The largest absolute Gasteiger partial charge is 0.493 e. The van der Waals surface area contributed by atoms with Crippen molar-refractivity contribution >= 4 is 28.2 Å². The first-order chi connectivity index (χ1) is 20.0. The van der Waals surface area contributed by atoms with Crippen molar-refractivity contribution in [1.82, 2.24) is 14.9 Å². The van der Waals surface area contributed by atoms with Crippen LogP contribution in [0.15, 0.2) is 48.8 Å². The van der Waals surface area contributed by atoms with Gasteiger partial charge in [0.15, 0.2) is 5.78 Å². The Kier molecular flexibility index (Phi) is 8.52. The predicted molar refractivity (Wildman–Crippen MR) is 152 cm³/mol. The zero-order valence-corrected chi connectivity index (χ0v) is 23.2. The summed E-state index contributed by atoms with van der Waals surface area (Å²) in [6.45, 7) is 7.18. The highest BCUT2D eigenvalue weighted by Crippen LogP contribution is 2.31. The minimum atomic E-state index is -0.267. The summed E-state index contributed by atoms with van der Waals surface area (Å²) in [7, 11) is 0. The molecule has 0 unspecified atom stereocenters. The second kappa shape index (κ2) is 12.6. The number of fused-ring (bicyclic) bond motifs is 2. The first-order valence-corrected chi connectivity index (χ1v) is 14.2. The van der Waals surface area contributed by atoms with Crippen LogP contribution in [0.4, 0.5) is 15.9 Å². The summed E-state index contributed by atoms with van der Waals surface area (Å²) in [5.74, 6) is 1.22. The lowest BCUT2D eigenvalue weighted by Crippen LogP contribution is -2.36. The molecule has 1 aromatic heterocycles. The lowest BCUT2D eigenvalue weighted by molar-refractivity contribution is -0.116. The van der Waals surface area contributed by atoms with Crippen LogP contribution in [0.1, 0.15) is 17.5 Å². The number of likely N-dealkylation sites (tertiary alicyclic amines) is 1. The van der Waals surface area contributed by atoms with E-state index in [0.29, 0.717) is 67.2 Å². The van der Waals surface area contributed by atoms with Crippen molar-refractivity contribution in [2.24, 2.45) is 5.92 Å². The van der Waals surface area contributed by atoms with Gasteiger partial charge in [-0.15, -0.1) is 0 Å². The number of aryl methyl sites for hydroxylation is 1. The lowest BCUT2D eigenvalue weighted by Gasteiger charge is -2.24. The molecule has 3 aliphatic heterocycles. The van der Waals surface area contributed by atoms with Crippen molar-refractivity contribution < 1.29 is 28.1 Å². The molecule has 0 radical (unpaired) electrons. The molecule has 2 aromatic carbocycles. The van der Waals surface area contributed by atoms with Crippen LogP contribution in [0.2, 0.25) is 0 Å². The number of carbonyl (C=O) groups is 1. The Bertz CT molecular complexity index is 1410. The number of halogens is 1. The number of anilines is 2. The standard InChI is InChI=1S/C31H35FN4O5/c1-20-11-23(4-5-26(20)32)35-31-25-13-22(28(14-27(25)33-19-34-31)41-18-21-6-8-38-17-21)12-24(37)3-2-7-36-15-29-30(16-36)40-10-9-39-29/h2-5,11,13-14,19,21,29-30H,6-10,12,15-18H2,1H3,(H,33,34,35)/b3-2+/t21-,29-,30+/m0/s1. The fraction of sp³-hybridized carbons (Fsp3) is 0.452. The first kappa shape index (κ1) is 27.7. The molecule has 4 heterocycles. The summed E-state index contributed by atoms with van der Waals surface area (Å²) < 4.78 is 37.1. The van der Waals surface area contributed by atoms with Crippen LogP contribution in [0.5, 0.6) is 5.75 Å². The molecule has 3 aliphatic rings. The summed E-state index contributed by atoms with van der Waals surface area (Å²) in [6.07, 6.45) is 6.37. The van der Waals surface area contributed by atoms with Crippen LogP contribution >= 0.6 is 0 Å². The fourth-order valence-electron chi connectivity index (χ4n) is 5.55. The highest BCUT2D eigenvalue weighted by molar-refractivity contribution is 5.96. The SMILES string of the molecule is Cc1cc(Nc2ncnc3cc(OC[C@H]4CCOC4)c(CC(=O)/C=C/CN4C[C@@H]5OCCO[C@@H]5C4)cc23)ccc1F. The summed E-state index contributed by atoms with van der Waals surface area (Å²) in [5.41, 5.74) is 2.69. The molecule has 0 aliphatic carbocycles. The number of carbonyl (C=O) groups excluding carboxylic acids is 1. The van der Waals surface area contributed by atoms with Crippen LogP contribution in [0.25, 0.3) is 10.9 Å². The minimum absolute atomic E-state index is 0.0250. The average Bonchev–Trinajstić information content (AvgIpc) is 3.64. The minimum Gasteiger partial charge on any atom is -0.493 e. The monoisotopic (exact) mass is 562 g/mol. The maximum absolute atomic E-state index is 13.8. The molecule has 3 atom stereocenters. The van der Waals surface area contributed by atoms with Gasteiger partial charge in [-0.1, -0.05) is 6.08 Å². The van der Waals surface area contributed by atoms with Crippen LogP contribution in [0, 0.1) is 18.7 Å². The van der Waals surface area contributed by atoms with Gasteiger partial charge in [-0.25, -0.2) is 14.4 Å². The Morgan fingerprint density at radius 3 is 2.73 bits per heavy atom. The number of hydrogen-bond donors (Lipinski definition) is 1. The predicted octanol–water partition coefficient (Wildman–Crippen LogP) is 4.00. The van der Waals surface area contributed by atoms with Crippen LogP contribution in [-0.2, 0) is 25.4 Å². The second-order valence-electron chi connectivity index (χ2n) is 10.9. The Labute approximate surface area is 238 Å². The molecular formula is C31H35FN4O5. The van der Waals surface area contributed by atoms with Gasteiger partial charge in [0.25, 0.3) is 0 Å². The molecule has 41 heavy (non-hydrogen) atoms. The van der Waals surface area contributed by atoms with E-state index >= 15 is 0 Å². The highest BCUT2D eigenvalue weighted by Gasteiger charge is 2.35. The summed E-state index contributed by atoms with van der Waals surface area (Å²) in [6, 6.07) is 8.60. The number of benzene rings is 2.